The Bertz CT molecular complexity index is 796. The maximum atomic E-state index is 12.7. The zero-order valence-electron chi connectivity index (χ0n) is 13.2. The molecule has 1 aromatic rings. The first kappa shape index (κ1) is 17.1. The predicted octanol–water partition coefficient (Wildman–Crippen LogP) is 2.25. The lowest BCUT2D eigenvalue weighted by Gasteiger charge is -2.31. The summed E-state index contributed by atoms with van der Waals surface area (Å²) in [4.78, 5) is 29.7. The summed E-state index contributed by atoms with van der Waals surface area (Å²) in [5.41, 5.74) is 3.24. The van der Waals surface area contributed by atoms with Crippen molar-refractivity contribution in [1.82, 2.24) is 10.4 Å². The van der Waals surface area contributed by atoms with Gasteiger partial charge in [-0.1, -0.05) is 42.0 Å². The van der Waals surface area contributed by atoms with Crippen molar-refractivity contribution in [1.29, 1.82) is 0 Å². The first-order valence-electron chi connectivity index (χ1n) is 7.67. The highest BCUT2D eigenvalue weighted by molar-refractivity contribution is 6.30. The van der Waals surface area contributed by atoms with E-state index in [4.69, 9.17) is 16.8 Å². The van der Waals surface area contributed by atoms with Gasteiger partial charge in [-0.2, -0.15) is 0 Å². The fourth-order valence-corrected chi connectivity index (χ4v) is 2.81. The van der Waals surface area contributed by atoms with Gasteiger partial charge in [-0.3, -0.25) is 24.7 Å². The fourth-order valence-electron chi connectivity index (χ4n) is 2.68. The van der Waals surface area contributed by atoms with Crippen molar-refractivity contribution in [3.05, 3.63) is 70.8 Å². The Kier molecular flexibility index (Phi) is 5.11. The Balaban J connectivity index is 1.72. The number of fused-ring (bicyclic) bond motifs is 1. The molecule has 0 aromatic heterocycles. The van der Waals surface area contributed by atoms with Crippen LogP contribution in [0.5, 0.6) is 0 Å². The van der Waals surface area contributed by atoms with Crippen LogP contribution < -0.4 is 5.48 Å². The summed E-state index contributed by atoms with van der Waals surface area (Å²) in [5.74, 6) is -1.01. The summed E-state index contributed by atoms with van der Waals surface area (Å²) < 4.78 is 0. The number of hydrogen-bond acceptors (Lipinski definition) is 4. The van der Waals surface area contributed by atoms with Gasteiger partial charge in [0.1, 0.15) is 0 Å². The van der Waals surface area contributed by atoms with Gasteiger partial charge in [0, 0.05) is 11.1 Å². The average Bonchev–Trinajstić information content (AvgIpc) is 2.63. The number of hydroxylamine groups is 1. The maximum absolute atomic E-state index is 12.7. The number of nitrogens with zero attached hydrogens (tertiary/aromatic N) is 2. The molecular weight excluding hydrogens is 342 g/mol. The Morgan fingerprint density at radius 3 is 2.84 bits per heavy atom. The number of rotatable bonds is 4. The van der Waals surface area contributed by atoms with E-state index < -0.39 is 5.91 Å². The second-order valence-corrected chi connectivity index (χ2v) is 6.15. The van der Waals surface area contributed by atoms with Crippen molar-refractivity contribution < 1.29 is 14.8 Å². The summed E-state index contributed by atoms with van der Waals surface area (Å²) in [7, 11) is 0. The summed E-state index contributed by atoms with van der Waals surface area (Å²) in [6, 6.07) is 7.03. The van der Waals surface area contributed by atoms with E-state index in [1.165, 1.54) is 11.6 Å². The summed E-state index contributed by atoms with van der Waals surface area (Å²) in [5, 5.41) is 9.13. The van der Waals surface area contributed by atoms with Crippen LogP contribution in [0.15, 0.2) is 65.2 Å². The standard InChI is InChI=1S/C18H16ClN3O3/c19-14-5-1-13(2-6-14)10-22-11-20-16-9-12(4-8-17(23)21-25)3-7-15(16)18(22)24/h1-9,11,15-16,25H,10H2,(H,21,23)/b8-4+. The van der Waals surface area contributed by atoms with E-state index >= 15 is 0 Å². The van der Waals surface area contributed by atoms with E-state index in [-0.39, 0.29) is 17.9 Å². The number of amides is 2. The van der Waals surface area contributed by atoms with Crippen molar-refractivity contribution in [2.45, 2.75) is 12.6 Å². The molecule has 1 heterocycles. The largest absolute Gasteiger partial charge is 0.298 e. The first-order valence-corrected chi connectivity index (χ1v) is 8.05. The van der Waals surface area contributed by atoms with Crippen LogP contribution >= 0.6 is 11.6 Å². The van der Waals surface area contributed by atoms with E-state index in [2.05, 4.69) is 4.99 Å². The maximum Gasteiger partial charge on any atom is 0.267 e. The SMILES string of the molecule is O=C(/C=C/C1=CC2N=CN(Cc3ccc(Cl)cc3)C(=O)C2C=C1)NO. The molecule has 0 bridgehead atoms. The topological polar surface area (TPSA) is 82.0 Å². The number of carbonyl (C=O) groups is 2. The monoisotopic (exact) mass is 357 g/mol. The van der Waals surface area contributed by atoms with Gasteiger partial charge < -0.3 is 0 Å². The van der Waals surface area contributed by atoms with Crippen molar-refractivity contribution in [3.63, 3.8) is 0 Å². The minimum Gasteiger partial charge on any atom is -0.298 e. The van der Waals surface area contributed by atoms with Gasteiger partial charge in [-0.25, -0.2) is 5.48 Å². The molecule has 2 unspecified atom stereocenters. The quantitative estimate of drug-likeness (QED) is 0.492. The summed E-state index contributed by atoms with van der Waals surface area (Å²) >= 11 is 5.88. The van der Waals surface area contributed by atoms with Gasteiger partial charge in [0.05, 0.1) is 24.8 Å². The van der Waals surface area contributed by atoms with Crippen molar-refractivity contribution in [2.75, 3.05) is 0 Å². The van der Waals surface area contributed by atoms with E-state index in [0.717, 1.165) is 11.1 Å². The normalized spacial score (nSPS) is 22.1. The molecule has 128 valence electrons. The molecule has 0 saturated heterocycles. The molecule has 0 saturated carbocycles. The zero-order chi connectivity index (χ0) is 17.8. The van der Waals surface area contributed by atoms with Crippen molar-refractivity contribution in [3.8, 4) is 0 Å². The third-order valence-corrected chi connectivity index (χ3v) is 4.23. The number of benzene rings is 1. The molecule has 0 fully saturated rings. The molecule has 2 aliphatic rings. The van der Waals surface area contributed by atoms with E-state index in [1.807, 2.05) is 18.2 Å². The Morgan fingerprint density at radius 2 is 2.12 bits per heavy atom. The highest BCUT2D eigenvalue weighted by atomic mass is 35.5. The number of nitrogens with one attached hydrogen (secondary N) is 1. The summed E-state index contributed by atoms with van der Waals surface area (Å²) in [6.07, 6.45) is 9.68. The number of carbonyl (C=O) groups excluding carboxylic acids is 2. The number of halogens is 1. The molecule has 2 amide bonds. The van der Waals surface area contributed by atoms with Gasteiger partial charge in [-0.05, 0) is 29.3 Å². The van der Waals surface area contributed by atoms with Crippen LogP contribution in [0.25, 0.3) is 0 Å². The van der Waals surface area contributed by atoms with Crippen LogP contribution in [0.3, 0.4) is 0 Å². The highest BCUT2D eigenvalue weighted by Gasteiger charge is 2.33. The van der Waals surface area contributed by atoms with Gasteiger partial charge in [-0.15, -0.1) is 0 Å². The Labute approximate surface area is 149 Å². The number of hydrogen-bond donors (Lipinski definition) is 2. The first-order chi connectivity index (χ1) is 12.1. The van der Waals surface area contributed by atoms with Crippen LogP contribution in [0.4, 0.5) is 0 Å². The third kappa shape index (κ3) is 4.04. The molecule has 0 radical (unpaired) electrons. The number of aliphatic imine (C=N–C) groups is 1. The van der Waals surface area contributed by atoms with Crippen LogP contribution in [-0.4, -0.2) is 34.3 Å². The molecule has 2 atom stereocenters. The average molecular weight is 358 g/mol. The third-order valence-electron chi connectivity index (χ3n) is 3.98. The fraction of sp³-hybridized carbons (Fsp3) is 0.167. The molecule has 25 heavy (non-hydrogen) atoms. The molecule has 7 heteroatoms. The predicted molar refractivity (Wildman–Crippen MR) is 94.1 cm³/mol. The van der Waals surface area contributed by atoms with E-state index in [9.17, 15) is 9.59 Å². The van der Waals surface area contributed by atoms with Gasteiger partial charge in [0.25, 0.3) is 5.91 Å². The minimum atomic E-state index is -0.617. The second-order valence-electron chi connectivity index (χ2n) is 5.71. The van der Waals surface area contributed by atoms with Gasteiger partial charge >= 0.3 is 0 Å². The molecule has 1 aliphatic heterocycles. The van der Waals surface area contributed by atoms with Crippen LogP contribution in [0.1, 0.15) is 5.56 Å². The van der Waals surface area contributed by atoms with Gasteiger partial charge in [0.15, 0.2) is 0 Å². The van der Waals surface area contributed by atoms with E-state index in [0.29, 0.717) is 11.6 Å². The second kappa shape index (κ2) is 7.46. The Morgan fingerprint density at radius 1 is 1.36 bits per heavy atom. The van der Waals surface area contributed by atoms with Crippen molar-refractivity contribution in [2.24, 2.45) is 10.9 Å². The van der Waals surface area contributed by atoms with Crippen LogP contribution in [0.2, 0.25) is 5.02 Å². The smallest absolute Gasteiger partial charge is 0.267 e. The van der Waals surface area contributed by atoms with E-state index in [1.54, 1.807) is 41.6 Å². The minimum absolute atomic E-state index is 0.0291. The lowest BCUT2D eigenvalue weighted by atomic mass is 9.89. The van der Waals surface area contributed by atoms with Crippen LogP contribution in [0, 0.1) is 5.92 Å². The highest BCUT2D eigenvalue weighted by Crippen LogP contribution is 2.26. The lowest BCUT2D eigenvalue weighted by molar-refractivity contribution is -0.131. The molecule has 1 aromatic carbocycles. The van der Waals surface area contributed by atoms with Crippen LogP contribution in [-0.2, 0) is 16.1 Å². The molecular formula is C18H16ClN3O3. The molecule has 6 nitrogen and oxygen atoms in total. The van der Waals surface area contributed by atoms with Crippen molar-refractivity contribution >= 4 is 29.8 Å². The number of allylic oxidation sites excluding steroid dienone is 3. The molecule has 1 aliphatic carbocycles. The Hall–Kier alpha value is -2.70. The molecule has 2 N–H and O–H groups in total. The lowest BCUT2D eigenvalue weighted by Crippen LogP contribution is -2.43. The zero-order valence-corrected chi connectivity index (χ0v) is 13.9. The molecule has 0 spiro atoms. The van der Waals surface area contributed by atoms with Gasteiger partial charge in [0.2, 0.25) is 5.91 Å². The summed E-state index contributed by atoms with van der Waals surface area (Å²) in [6.45, 7) is 0.434. The molecule has 3 rings (SSSR count).